The van der Waals surface area contributed by atoms with Crippen LogP contribution in [0.2, 0.25) is 0 Å². The molecular formula is C22H16F2N4O2. The average molecular weight is 406 g/mol. The van der Waals surface area contributed by atoms with Crippen molar-refractivity contribution in [3.8, 4) is 22.5 Å². The largest absolute Gasteiger partial charge is 0.337 e. The number of nitrogens with one attached hydrogen (secondary N) is 1. The van der Waals surface area contributed by atoms with Crippen molar-refractivity contribution < 1.29 is 18.1 Å². The smallest absolute Gasteiger partial charge is 0.241 e. The molecule has 2 aromatic heterocycles. The Morgan fingerprint density at radius 2 is 2.00 bits per heavy atom. The van der Waals surface area contributed by atoms with Crippen molar-refractivity contribution in [2.75, 3.05) is 5.32 Å². The van der Waals surface area contributed by atoms with Crippen LogP contribution in [0.15, 0.2) is 65.6 Å². The maximum absolute atomic E-state index is 14.5. The number of aromatic nitrogens is 3. The number of nitrogens with zero attached hydrogens (tertiary/aromatic N) is 3. The number of benzene rings is 2. The van der Waals surface area contributed by atoms with Crippen LogP contribution in [0, 0.1) is 18.6 Å². The molecule has 0 unspecified atom stereocenters. The van der Waals surface area contributed by atoms with E-state index < -0.39 is 17.5 Å². The van der Waals surface area contributed by atoms with Crippen LogP contribution < -0.4 is 5.32 Å². The monoisotopic (exact) mass is 406 g/mol. The highest BCUT2D eigenvalue weighted by Crippen LogP contribution is 2.38. The van der Waals surface area contributed by atoms with E-state index in [0.29, 0.717) is 16.8 Å². The van der Waals surface area contributed by atoms with E-state index in [1.807, 2.05) is 6.92 Å². The van der Waals surface area contributed by atoms with Gasteiger partial charge in [-0.3, -0.25) is 10.1 Å². The van der Waals surface area contributed by atoms with Gasteiger partial charge >= 0.3 is 0 Å². The van der Waals surface area contributed by atoms with Gasteiger partial charge in [-0.1, -0.05) is 28.9 Å². The van der Waals surface area contributed by atoms with Crippen LogP contribution in [0.25, 0.3) is 22.5 Å². The van der Waals surface area contributed by atoms with Crippen LogP contribution in [0.3, 0.4) is 0 Å². The van der Waals surface area contributed by atoms with Gasteiger partial charge in [-0.25, -0.2) is 18.7 Å². The molecular weight excluding hydrogens is 390 g/mol. The maximum atomic E-state index is 14.5. The molecule has 0 aliphatic heterocycles. The highest BCUT2D eigenvalue weighted by atomic mass is 19.1. The molecule has 0 saturated heterocycles. The quantitative estimate of drug-likeness (QED) is 0.525. The number of anilines is 1. The number of halogens is 2. The third-order valence-electron chi connectivity index (χ3n) is 4.41. The first kappa shape index (κ1) is 19.4. The third kappa shape index (κ3) is 4.07. The van der Waals surface area contributed by atoms with E-state index in [2.05, 4.69) is 20.4 Å². The molecule has 4 rings (SSSR count). The Hall–Kier alpha value is -3.94. The van der Waals surface area contributed by atoms with E-state index in [9.17, 15) is 13.6 Å². The number of carbonyl (C=O) groups excluding carboxylic acids is 1. The zero-order valence-corrected chi connectivity index (χ0v) is 15.9. The van der Waals surface area contributed by atoms with Crippen LogP contribution >= 0.6 is 0 Å². The highest BCUT2D eigenvalue weighted by Gasteiger charge is 2.24. The first-order valence-corrected chi connectivity index (χ1v) is 9.08. The van der Waals surface area contributed by atoms with Crippen molar-refractivity contribution >= 4 is 11.8 Å². The van der Waals surface area contributed by atoms with E-state index in [-0.39, 0.29) is 23.6 Å². The summed E-state index contributed by atoms with van der Waals surface area (Å²) in [5.41, 5.74) is 2.49. The molecule has 2 heterocycles. The van der Waals surface area contributed by atoms with E-state index >= 15 is 0 Å². The molecule has 1 N–H and O–H groups in total. The molecule has 4 aromatic rings. The SMILES string of the molecule is Cc1ccc(F)c(-c2noc(NC(=O)Cc3cccc(F)c3)c2-c2ccncn2)c1. The standard InChI is InChI=1S/C22H16F2N4O2/c1-13-5-6-17(24)16(9-13)21-20(18-7-8-25-12-26-18)22(30-28-21)27-19(29)11-14-3-2-4-15(23)10-14/h2-10,12H,11H2,1H3,(H,27,29). The van der Waals surface area contributed by atoms with Crippen molar-refractivity contribution in [2.24, 2.45) is 0 Å². The molecule has 8 heteroatoms. The van der Waals surface area contributed by atoms with Gasteiger partial charge in [0.2, 0.25) is 11.8 Å². The summed E-state index contributed by atoms with van der Waals surface area (Å²) in [7, 11) is 0. The molecule has 0 aliphatic rings. The van der Waals surface area contributed by atoms with Crippen molar-refractivity contribution in [2.45, 2.75) is 13.3 Å². The summed E-state index contributed by atoms with van der Waals surface area (Å²) >= 11 is 0. The Bertz CT molecular complexity index is 1210. The van der Waals surface area contributed by atoms with Gasteiger partial charge in [0, 0.05) is 11.8 Å². The zero-order valence-electron chi connectivity index (χ0n) is 15.9. The summed E-state index contributed by atoms with van der Waals surface area (Å²) in [6.07, 6.45) is 2.77. The summed E-state index contributed by atoms with van der Waals surface area (Å²) in [4.78, 5) is 20.6. The molecule has 2 aromatic carbocycles. The van der Waals surface area contributed by atoms with Crippen LogP contribution in [-0.2, 0) is 11.2 Å². The van der Waals surface area contributed by atoms with Crippen LogP contribution in [-0.4, -0.2) is 21.0 Å². The lowest BCUT2D eigenvalue weighted by molar-refractivity contribution is -0.115. The summed E-state index contributed by atoms with van der Waals surface area (Å²) in [6.45, 7) is 1.83. The molecule has 0 aliphatic carbocycles. The molecule has 0 spiro atoms. The van der Waals surface area contributed by atoms with Crippen LogP contribution in [0.1, 0.15) is 11.1 Å². The fourth-order valence-electron chi connectivity index (χ4n) is 3.06. The molecule has 30 heavy (non-hydrogen) atoms. The lowest BCUT2D eigenvalue weighted by Crippen LogP contribution is -2.14. The second kappa shape index (κ2) is 8.20. The van der Waals surface area contributed by atoms with Gasteiger partial charge in [0.05, 0.1) is 17.7 Å². The van der Waals surface area contributed by atoms with Crippen LogP contribution in [0.5, 0.6) is 0 Å². The average Bonchev–Trinajstić information content (AvgIpc) is 3.13. The molecule has 0 radical (unpaired) electrons. The predicted octanol–water partition coefficient (Wildman–Crippen LogP) is 4.57. The Morgan fingerprint density at radius 1 is 1.13 bits per heavy atom. The number of carbonyl (C=O) groups is 1. The molecule has 1 amide bonds. The minimum absolute atomic E-state index is 0.0195. The Morgan fingerprint density at radius 3 is 2.77 bits per heavy atom. The Kier molecular flexibility index (Phi) is 5.30. The van der Waals surface area contributed by atoms with E-state index in [1.165, 1.54) is 36.8 Å². The van der Waals surface area contributed by atoms with Crippen LogP contribution in [0.4, 0.5) is 14.7 Å². The molecule has 0 bridgehead atoms. The number of hydrogen-bond donors (Lipinski definition) is 1. The lowest BCUT2D eigenvalue weighted by atomic mass is 10.0. The fraction of sp³-hybridized carbons (Fsp3) is 0.0909. The third-order valence-corrected chi connectivity index (χ3v) is 4.41. The topological polar surface area (TPSA) is 80.9 Å². The number of aryl methyl sites for hydroxylation is 1. The van der Waals surface area contributed by atoms with Gasteiger partial charge in [-0.15, -0.1) is 0 Å². The van der Waals surface area contributed by atoms with Gasteiger partial charge in [0.15, 0.2) is 0 Å². The van der Waals surface area contributed by atoms with Crippen molar-refractivity contribution in [1.82, 2.24) is 15.1 Å². The second-order valence-corrected chi connectivity index (χ2v) is 6.67. The molecule has 0 saturated carbocycles. The summed E-state index contributed by atoms with van der Waals surface area (Å²) in [5.74, 6) is -1.34. The van der Waals surface area contributed by atoms with Gasteiger partial charge in [-0.05, 0) is 42.8 Å². The van der Waals surface area contributed by atoms with Crippen molar-refractivity contribution in [3.63, 3.8) is 0 Å². The molecule has 150 valence electrons. The zero-order chi connectivity index (χ0) is 21.1. The highest BCUT2D eigenvalue weighted by molar-refractivity contribution is 5.97. The predicted molar refractivity (Wildman–Crippen MR) is 106 cm³/mol. The Balaban J connectivity index is 1.72. The van der Waals surface area contributed by atoms with Gasteiger partial charge in [0.25, 0.3) is 0 Å². The first-order valence-electron chi connectivity index (χ1n) is 9.08. The summed E-state index contributed by atoms with van der Waals surface area (Å²) in [6, 6.07) is 12.0. The first-order chi connectivity index (χ1) is 14.5. The van der Waals surface area contributed by atoms with Gasteiger partial charge in [-0.2, -0.15) is 0 Å². The van der Waals surface area contributed by atoms with E-state index in [1.54, 1.807) is 24.3 Å². The molecule has 6 nitrogen and oxygen atoms in total. The number of amides is 1. The normalized spacial score (nSPS) is 10.8. The van der Waals surface area contributed by atoms with Crippen molar-refractivity contribution in [3.05, 3.63) is 83.8 Å². The Labute approximate surface area is 170 Å². The second-order valence-electron chi connectivity index (χ2n) is 6.67. The van der Waals surface area contributed by atoms with E-state index in [4.69, 9.17) is 4.52 Å². The minimum atomic E-state index is -0.484. The minimum Gasteiger partial charge on any atom is -0.337 e. The maximum Gasteiger partial charge on any atom is 0.241 e. The van der Waals surface area contributed by atoms with Gasteiger partial charge < -0.3 is 4.52 Å². The lowest BCUT2D eigenvalue weighted by Gasteiger charge is -2.07. The number of hydrogen-bond acceptors (Lipinski definition) is 5. The molecule has 0 fully saturated rings. The summed E-state index contributed by atoms with van der Waals surface area (Å²) in [5, 5.41) is 6.62. The van der Waals surface area contributed by atoms with E-state index in [0.717, 1.165) is 5.56 Å². The molecule has 0 atom stereocenters. The summed E-state index contributed by atoms with van der Waals surface area (Å²) < 4.78 is 33.2. The number of rotatable bonds is 5. The van der Waals surface area contributed by atoms with Crippen molar-refractivity contribution in [1.29, 1.82) is 0 Å². The van der Waals surface area contributed by atoms with Gasteiger partial charge in [0.1, 0.15) is 23.7 Å². The fourth-order valence-corrected chi connectivity index (χ4v) is 3.06.